The second-order valence-electron chi connectivity index (χ2n) is 6.64. The Bertz CT molecular complexity index is 495. The lowest BCUT2D eigenvalue weighted by molar-refractivity contribution is 0.141. The summed E-state index contributed by atoms with van der Waals surface area (Å²) in [6.07, 6.45) is 2.59. The van der Waals surface area contributed by atoms with Gasteiger partial charge in [0.15, 0.2) is 5.96 Å². The maximum atomic E-state index is 5.68. The first kappa shape index (κ1) is 22.0. The summed E-state index contributed by atoms with van der Waals surface area (Å²) in [7, 11) is 1.81. The number of benzene rings is 1. The number of aliphatic imine (C=N–C) groups is 1. The van der Waals surface area contributed by atoms with E-state index in [4.69, 9.17) is 4.74 Å². The minimum absolute atomic E-state index is 0. The van der Waals surface area contributed by atoms with Crippen molar-refractivity contribution >= 4 is 29.9 Å². The molecule has 0 bridgehead atoms. The van der Waals surface area contributed by atoms with E-state index in [1.807, 2.05) is 37.4 Å². The average Bonchev–Trinajstić information content (AvgIpc) is 2.62. The van der Waals surface area contributed by atoms with Gasteiger partial charge in [-0.1, -0.05) is 18.2 Å². The summed E-state index contributed by atoms with van der Waals surface area (Å²) >= 11 is 0. The first-order valence-electron chi connectivity index (χ1n) is 9.05. The topological polar surface area (TPSA) is 48.9 Å². The summed E-state index contributed by atoms with van der Waals surface area (Å²) in [6.45, 7) is 9.30. The number of rotatable bonds is 7. The number of hydrogen-bond acceptors (Lipinski definition) is 3. The van der Waals surface area contributed by atoms with E-state index in [1.165, 1.54) is 25.9 Å². The molecule has 5 nitrogen and oxygen atoms in total. The fourth-order valence-electron chi connectivity index (χ4n) is 3.05. The van der Waals surface area contributed by atoms with Crippen molar-refractivity contribution in [1.29, 1.82) is 0 Å². The van der Waals surface area contributed by atoms with Gasteiger partial charge in [-0.15, -0.1) is 24.0 Å². The summed E-state index contributed by atoms with van der Waals surface area (Å²) in [6, 6.07) is 10.5. The zero-order chi connectivity index (χ0) is 17.2. The van der Waals surface area contributed by atoms with Crippen LogP contribution < -0.4 is 15.4 Å². The van der Waals surface area contributed by atoms with Gasteiger partial charge >= 0.3 is 0 Å². The molecule has 142 valence electrons. The van der Waals surface area contributed by atoms with Crippen LogP contribution in [0, 0.1) is 5.92 Å². The molecule has 1 atom stereocenters. The summed E-state index contributed by atoms with van der Waals surface area (Å²) in [5.74, 6) is 2.45. The van der Waals surface area contributed by atoms with Gasteiger partial charge in [0, 0.05) is 26.2 Å². The van der Waals surface area contributed by atoms with Crippen LogP contribution in [0.5, 0.6) is 5.75 Å². The third kappa shape index (κ3) is 8.27. The van der Waals surface area contributed by atoms with Gasteiger partial charge in [-0.2, -0.15) is 0 Å². The van der Waals surface area contributed by atoms with Crippen LogP contribution in [0.25, 0.3) is 0 Å². The number of para-hydroxylation sites is 1. The molecule has 1 heterocycles. The molecule has 6 heteroatoms. The van der Waals surface area contributed by atoms with Gasteiger partial charge in [-0.25, -0.2) is 0 Å². The number of nitrogens with one attached hydrogen (secondary N) is 2. The number of piperidine rings is 1. The number of halogens is 1. The smallest absolute Gasteiger partial charge is 0.191 e. The van der Waals surface area contributed by atoms with E-state index in [0.717, 1.165) is 24.8 Å². The Hall–Kier alpha value is -1.02. The minimum Gasteiger partial charge on any atom is -0.492 e. The van der Waals surface area contributed by atoms with Crippen LogP contribution in [0.1, 0.15) is 26.7 Å². The van der Waals surface area contributed by atoms with E-state index < -0.39 is 0 Å². The Labute approximate surface area is 169 Å². The molecule has 0 aliphatic carbocycles. The molecule has 1 aliphatic rings. The highest BCUT2D eigenvalue weighted by molar-refractivity contribution is 14.0. The first-order chi connectivity index (χ1) is 11.7. The molecule has 1 fully saturated rings. The molecular formula is C19H33IN4O. The normalized spacial score (nSPS) is 18.6. The molecule has 1 aromatic carbocycles. The molecule has 25 heavy (non-hydrogen) atoms. The van der Waals surface area contributed by atoms with E-state index in [0.29, 0.717) is 18.6 Å². The molecule has 1 aromatic rings. The number of nitrogens with zero attached hydrogens (tertiary/aromatic N) is 2. The van der Waals surface area contributed by atoms with Crippen molar-refractivity contribution in [3.05, 3.63) is 30.3 Å². The maximum Gasteiger partial charge on any atom is 0.191 e. The van der Waals surface area contributed by atoms with Crippen molar-refractivity contribution in [2.24, 2.45) is 10.9 Å². The van der Waals surface area contributed by atoms with E-state index in [2.05, 4.69) is 34.4 Å². The van der Waals surface area contributed by atoms with Crippen LogP contribution in [-0.2, 0) is 0 Å². The van der Waals surface area contributed by atoms with Gasteiger partial charge in [-0.05, 0) is 51.3 Å². The van der Waals surface area contributed by atoms with Gasteiger partial charge in [0.05, 0.1) is 6.54 Å². The summed E-state index contributed by atoms with van der Waals surface area (Å²) in [5.41, 5.74) is 0. The van der Waals surface area contributed by atoms with Crippen LogP contribution in [0.15, 0.2) is 35.3 Å². The predicted molar refractivity (Wildman–Crippen MR) is 116 cm³/mol. The number of guanidine groups is 1. The monoisotopic (exact) mass is 460 g/mol. The fraction of sp³-hybridized carbons (Fsp3) is 0.632. The van der Waals surface area contributed by atoms with Crippen LogP contribution >= 0.6 is 24.0 Å². The minimum atomic E-state index is 0. The highest BCUT2D eigenvalue weighted by Crippen LogP contribution is 2.17. The predicted octanol–water partition coefficient (Wildman–Crippen LogP) is 2.97. The van der Waals surface area contributed by atoms with Crippen molar-refractivity contribution in [2.75, 3.05) is 39.8 Å². The zero-order valence-electron chi connectivity index (χ0n) is 15.7. The zero-order valence-corrected chi connectivity index (χ0v) is 18.0. The number of hydrogen-bond donors (Lipinski definition) is 2. The van der Waals surface area contributed by atoms with E-state index >= 15 is 0 Å². The summed E-state index contributed by atoms with van der Waals surface area (Å²) in [4.78, 5) is 6.87. The number of likely N-dealkylation sites (tertiary alicyclic amines) is 1. The van der Waals surface area contributed by atoms with Crippen LogP contribution in [0.3, 0.4) is 0 Å². The molecular weight excluding hydrogens is 427 g/mol. The Kier molecular flexibility index (Phi) is 10.9. The molecule has 1 saturated heterocycles. The molecule has 1 aliphatic heterocycles. The molecule has 0 radical (unpaired) electrons. The van der Waals surface area contributed by atoms with Crippen molar-refractivity contribution in [1.82, 2.24) is 15.5 Å². The lowest BCUT2D eigenvalue weighted by atomic mass is 9.97. The molecule has 0 saturated carbocycles. The van der Waals surface area contributed by atoms with Crippen LogP contribution in [0.4, 0.5) is 0 Å². The first-order valence-corrected chi connectivity index (χ1v) is 9.05. The lowest BCUT2D eigenvalue weighted by Gasteiger charge is -2.35. The summed E-state index contributed by atoms with van der Waals surface area (Å²) < 4.78 is 5.68. The van der Waals surface area contributed by atoms with Crippen LogP contribution in [0.2, 0.25) is 0 Å². The quantitative estimate of drug-likeness (QED) is 0.284. The third-order valence-corrected chi connectivity index (χ3v) is 4.47. The van der Waals surface area contributed by atoms with Gasteiger partial charge < -0.3 is 20.3 Å². The second-order valence-corrected chi connectivity index (χ2v) is 6.64. The van der Waals surface area contributed by atoms with E-state index in [1.54, 1.807) is 0 Å². The maximum absolute atomic E-state index is 5.68. The van der Waals surface area contributed by atoms with E-state index in [-0.39, 0.29) is 24.0 Å². The summed E-state index contributed by atoms with van der Waals surface area (Å²) in [5, 5.41) is 6.77. The standard InChI is InChI=1S/C19H32N4O.HI/c1-16(2)23-12-7-8-17(15-23)14-22-19(20-3)21-11-13-24-18-9-5-4-6-10-18;/h4-6,9-10,16-17H,7-8,11-15H2,1-3H3,(H2,20,21,22);1H. The highest BCUT2D eigenvalue weighted by Gasteiger charge is 2.21. The van der Waals surface area contributed by atoms with Crippen molar-refractivity contribution in [3.8, 4) is 5.75 Å². The molecule has 0 amide bonds. The average molecular weight is 460 g/mol. The molecule has 1 unspecified atom stereocenters. The third-order valence-electron chi connectivity index (χ3n) is 4.47. The molecule has 0 spiro atoms. The second kappa shape index (κ2) is 12.4. The Morgan fingerprint density at radius 2 is 2.04 bits per heavy atom. The van der Waals surface area contributed by atoms with Crippen molar-refractivity contribution in [3.63, 3.8) is 0 Å². The Balaban J connectivity index is 0.00000312. The highest BCUT2D eigenvalue weighted by atomic mass is 127. The fourth-order valence-corrected chi connectivity index (χ4v) is 3.05. The molecule has 2 N–H and O–H groups in total. The van der Waals surface area contributed by atoms with Crippen LogP contribution in [-0.4, -0.2) is 56.7 Å². The van der Waals surface area contributed by atoms with Gasteiger partial charge in [0.1, 0.15) is 12.4 Å². The molecule has 0 aromatic heterocycles. The Morgan fingerprint density at radius 3 is 2.72 bits per heavy atom. The van der Waals surface area contributed by atoms with Gasteiger partial charge in [-0.3, -0.25) is 4.99 Å². The van der Waals surface area contributed by atoms with Crippen molar-refractivity contribution < 1.29 is 4.74 Å². The largest absolute Gasteiger partial charge is 0.492 e. The van der Waals surface area contributed by atoms with E-state index in [9.17, 15) is 0 Å². The van der Waals surface area contributed by atoms with Gasteiger partial charge in [0.2, 0.25) is 0 Å². The lowest BCUT2D eigenvalue weighted by Crippen LogP contribution is -2.46. The van der Waals surface area contributed by atoms with Crippen molar-refractivity contribution in [2.45, 2.75) is 32.7 Å². The SMILES string of the molecule is CN=C(NCCOc1ccccc1)NCC1CCCN(C(C)C)C1.I. The number of ether oxygens (including phenoxy) is 1. The Morgan fingerprint density at radius 1 is 1.28 bits per heavy atom. The molecule has 2 rings (SSSR count). The van der Waals surface area contributed by atoms with Gasteiger partial charge in [0.25, 0.3) is 0 Å².